The van der Waals surface area contributed by atoms with E-state index in [0.717, 1.165) is 12.1 Å². The van der Waals surface area contributed by atoms with Crippen LogP contribution >= 0.6 is 0 Å². The molecule has 1 unspecified atom stereocenters. The largest absolute Gasteiger partial charge is 0.508 e. The zero-order valence-electron chi connectivity index (χ0n) is 8.16. The molecule has 0 aromatic heterocycles. The summed E-state index contributed by atoms with van der Waals surface area (Å²) in [5, 5.41) is 19.2. The molecule has 0 aliphatic heterocycles. The van der Waals surface area contributed by atoms with Crippen LogP contribution in [0.15, 0.2) is 30.4 Å². The molecule has 1 atom stereocenters. The fourth-order valence-corrected chi connectivity index (χ4v) is 2.47. The summed E-state index contributed by atoms with van der Waals surface area (Å²) < 4.78 is 31.3. The summed E-state index contributed by atoms with van der Waals surface area (Å²) in [5.41, 5.74) is 0.526. The Balaban J connectivity index is 2.73. The number of phenols is 1. The van der Waals surface area contributed by atoms with Crippen molar-refractivity contribution in [2.75, 3.05) is 0 Å². The highest BCUT2D eigenvalue weighted by molar-refractivity contribution is 7.86. The van der Waals surface area contributed by atoms with Crippen LogP contribution in [0.5, 0.6) is 5.75 Å². The van der Waals surface area contributed by atoms with E-state index in [0.29, 0.717) is 12.0 Å². The summed E-state index contributed by atoms with van der Waals surface area (Å²) >= 11 is 0. The third-order valence-corrected chi connectivity index (χ3v) is 3.70. The lowest BCUT2D eigenvalue weighted by Crippen LogP contribution is -2.35. The van der Waals surface area contributed by atoms with Crippen molar-refractivity contribution in [2.45, 2.75) is 11.4 Å². The molecule has 0 spiro atoms. The maximum atomic E-state index is 11.2. The van der Waals surface area contributed by atoms with E-state index in [1.54, 1.807) is 0 Å². The van der Waals surface area contributed by atoms with Crippen LogP contribution in [0.4, 0.5) is 0 Å². The fourth-order valence-electron chi connectivity index (χ4n) is 1.74. The lowest BCUT2D eigenvalue weighted by atomic mass is 9.94. The first-order valence-electron chi connectivity index (χ1n) is 4.54. The molecule has 3 N–H and O–H groups in total. The van der Waals surface area contributed by atoms with Gasteiger partial charge in [-0.1, -0.05) is 12.1 Å². The summed E-state index contributed by atoms with van der Waals surface area (Å²) in [6.07, 6.45) is 2.89. The number of phenolic OH excluding ortho intramolecular Hbond substituents is 1. The van der Waals surface area contributed by atoms with E-state index < -0.39 is 15.1 Å². The Morgan fingerprint density at radius 3 is 2.62 bits per heavy atom. The van der Waals surface area contributed by atoms with Crippen molar-refractivity contribution in [2.24, 2.45) is 0 Å². The molecule has 86 valence electrons. The van der Waals surface area contributed by atoms with Crippen LogP contribution in [0.3, 0.4) is 0 Å². The normalized spacial score (nSPS) is 24.1. The summed E-state index contributed by atoms with van der Waals surface area (Å²) in [6, 6.07) is 4.03. The zero-order valence-corrected chi connectivity index (χ0v) is 8.98. The van der Waals surface area contributed by atoms with Gasteiger partial charge in [-0.05, 0) is 30.2 Å². The minimum absolute atomic E-state index is 0.0162. The first-order valence-corrected chi connectivity index (χ1v) is 5.98. The van der Waals surface area contributed by atoms with E-state index in [1.165, 1.54) is 18.2 Å². The highest BCUT2D eigenvalue weighted by atomic mass is 32.2. The van der Waals surface area contributed by atoms with Gasteiger partial charge in [-0.2, -0.15) is 8.42 Å². The van der Waals surface area contributed by atoms with Gasteiger partial charge in [0, 0.05) is 5.56 Å². The molecular weight excluding hydrogens is 232 g/mol. The summed E-state index contributed by atoms with van der Waals surface area (Å²) in [6.45, 7) is 0. The average Bonchev–Trinajstić information content (AvgIpc) is 2.18. The highest BCUT2D eigenvalue weighted by Gasteiger charge is 2.43. The molecule has 1 aliphatic rings. The van der Waals surface area contributed by atoms with Crippen LogP contribution in [-0.4, -0.2) is 23.2 Å². The van der Waals surface area contributed by atoms with Gasteiger partial charge in [-0.25, -0.2) is 0 Å². The maximum absolute atomic E-state index is 11.2. The standard InChI is InChI=1S/C10H10O5S/c11-8-4-3-7-2-1-5-10(12,9(7)6-8)16(13,14)15/h1,3-6,11-12H,2H2,(H,13,14,15). The second kappa shape index (κ2) is 3.31. The lowest BCUT2D eigenvalue weighted by molar-refractivity contribution is 0.159. The van der Waals surface area contributed by atoms with Crippen molar-refractivity contribution in [3.8, 4) is 5.75 Å². The van der Waals surface area contributed by atoms with Crippen molar-refractivity contribution in [1.82, 2.24) is 0 Å². The van der Waals surface area contributed by atoms with Crippen LogP contribution in [0.1, 0.15) is 11.1 Å². The topological polar surface area (TPSA) is 94.8 Å². The van der Waals surface area contributed by atoms with Gasteiger partial charge >= 0.3 is 10.1 Å². The van der Waals surface area contributed by atoms with Gasteiger partial charge in [0.25, 0.3) is 0 Å². The minimum atomic E-state index is -4.70. The van der Waals surface area contributed by atoms with Gasteiger partial charge in [0.1, 0.15) is 5.75 Å². The van der Waals surface area contributed by atoms with Crippen molar-refractivity contribution in [3.63, 3.8) is 0 Å². The molecule has 0 radical (unpaired) electrons. The molecule has 0 heterocycles. The van der Waals surface area contributed by atoms with Crippen LogP contribution in [0.2, 0.25) is 0 Å². The Bertz CT molecular complexity index is 561. The van der Waals surface area contributed by atoms with Crippen molar-refractivity contribution < 1.29 is 23.2 Å². The Morgan fingerprint density at radius 2 is 2.00 bits per heavy atom. The first kappa shape index (κ1) is 11.1. The van der Waals surface area contributed by atoms with Gasteiger partial charge in [0.05, 0.1) is 0 Å². The number of benzene rings is 1. The number of hydrogen-bond donors (Lipinski definition) is 3. The van der Waals surface area contributed by atoms with E-state index in [4.69, 9.17) is 4.55 Å². The van der Waals surface area contributed by atoms with E-state index in [9.17, 15) is 18.6 Å². The van der Waals surface area contributed by atoms with Gasteiger partial charge < -0.3 is 10.2 Å². The number of fused-ring (bicyclic) bond motifs is 1. The molecule has 0 amide bonds. The molecule has 2 rings (SSSR count). The van der Waals surface area contributed by atoms with Gasteiger partial charge in [0.15, 0.2) is 0 Å². The van der Waals surface area contributed by atoms with Crippen molar-refractivity contribution >= 4 is 10.1 Å². The molecule has 0 bridgehead atoms. The van der Waals surface area contributed by atoms with Crippen LogP contribution in [0.25, 0.3) is 0 Å². The minimum Gasteiger partial charge on any atom is -0.508 e. The van der Waals surface area contributed by atoms with Gasteiger partial charge in [0.2, 0.25) is 4.93 Å². The summed E-state index contributed by atoms with van der Waals surface area (Å²) in [4.78, 5) is -2.47. The molecule has 0 saturated heterocycles. The second-order valence-electron chi connectivity index (χ2n) is 3.62. The van der Waals surface area contributed by atoms with Crippen molar-refractivity contribution in [1.29, 1.82) is 0 Å². The molecule has 1 aromatic carbocycles. The van der Waals surface area contributed by atoms with E-state index in [2.05, 4.69) is 0 Å². The predicted molar refractivity (Wildman–Crippen MR) is 56.4 cm³/mol. The molecule has 0 fully saturated rings. The number of aromatic hydroxyl groups is 1. The third kappa shape index (κ3) is 1.51. The second-order valence-corrected chi connectivity index (χ2v) is 5.19. The Labute approximate surface area is 92.4 Å². The molecule has 0 saturated carbocycles. The first-order chi connectivity index (χ1) is 7.34. The molecule has 16 heavy (non-hydrogen) atoms. The molecule has 5 nitrogen and oxygen atoms in total. The fraction of sp³-hybridized carbons (Fsp3) is 0.200. The number of rotatable bonds is 1. The molecule has 1 aliphatic carbocycles. The van der Waals surface area contributed by atoms with E-state index in [1.807, 2.05) is 0 Å². The van der Waals surface area contributed by atoms with Crippen LogP contribution in [-0.2, 0) is 21.5 Å². The monoisotopic (exact) mass is 242 g/mol. The van der Waals surface area contributed by atoms with Crippen molar-refractivity contribution in [3.05, 3.63) is 41.5 Å². The van der Waals surface area contributed by atoms with E-state index >= 15 is 0 Å². The Kier molecular flexibility index (Phi) is 2.30. The lowest BCUT2D eigenvalue weighted by Gasteiger charge is -2.27. The van der Waals surface area contributed by atoms with Gasteiger partial charge in [-0.3, -0.25) is 4.55 Å². The summed E-state index contributed by atoms with van der Waals surface area (Å²) in [5.74, 6) is -0.170. The van der Waals surface area contributed by atoms with Crippen LogP contribution < -0.4 is 0 Å². The third-order valence-electron chi connectivity index (χ3n) is 2.55. The smallest absolute Gasteiger partial charge is 0.303 e. The summed E-state index contributed by atoms with van der Waals surface area (Å²) in [7, 11) is -4.70. The number of aliphatic hydroxyl groups is 1. The average molecular weight is 242 g/mol. The highest BCUT2D eigenvalue weighted by Crippen LogP contribution is 2.36. The number of allylic oxidation sites excluding steroid dienone is 1. The molecular formula is C10H10O5S. The molecule has 6 heteroatoms. The Morgan fingerprint density at radius 1 is 1.31 bits per heavy atom. The zero-order chi connectivity index (χ0) is 12.0. The van der Waals surface area contributed by atoms with E-state index in [-0.39, 0.29) is 11.3 Å². The number of hydrogen-bond acceptors (Lipinski definition) is 4. The quantitative estimate of drug-likeness (QED) is 0.493. The van der Waals surface area contributed by atoms with Crippen LogP contribution in [0, 0.1) is 0 Å². The molecule has 1 aromatic rings. The Hall–Kier alpha value is -1.37. The SMILES string of the molecule is O=S(=O)(O)C1(O)C=CCc2ccc(O)cc21. The van der Waals surface area contributed by atoms with Gasteiger partial charge in [-0.15, -0.1) is 0 Å². The predicted octanol–water partition coefficient (Wildman–Crippen LogP) is 0.537. The maximum Gasteiger partial charge on any atom is 0.303 e.